The maximum Gasteiger partial charge on any atom is 0.201 e. The first-order valence-electron chi connectivity index (χ1n) is 4.54. The SMILES string of the molecule is C=CCC(=O)c1cc2cccc(Cl)c2o1. The number of hydrogen-bond donors (Lipinski definition) is 0. The summed E-state index contributed by atoms with van der Waals surface area (Å²) in [5.41, 5.74) is 0.562. The van der Waals surface area contributed by atoms with Crippen LogP contribution in [0.4, 0.5) is 0 Å². The summed E-state index contributed by atoms with van der Waals surface area (Å²) < 4.78 is 5.38. The van der Waals surface area contributed by atoms with E-state index in [4.69, 9.17) is 16.0 Å². The first kappa shape index (κ1) is 9.99. The summed E-state index contributed by atoms with van der Waals surface area (Å²) in [6.07, 6.45) is 1.83. The van der Waals surface area contributed by atoms with Crippen LogP contribution in [-0.2, 0) is 0 Å². The van der Waals surface area contributed by atoms with Gasteiger partial charge < -0.3 is 4.42 Å². The summed E-state index contributed by atoms with van der Waals surface area (Å²) in [4.78, 5) is 11.5. The van der Waals surface area contributed by atoms with Crippen molar-refractivity contribution in [1.82, 2.24) is 0 Å². The number of allylic oxidation sites excluding steroid dienone is 1. The van der Waals surface area contributed by atoms with Gasteiger partial charge in [0.25, 0.3) is 0 Å². The van der Waals surface area contributed by atoms with Crippen molar-refractivity contribution in [1.29, 1.82) is 0 Å². The van der Waals surface area contributed by atoms with Gasteiger partial charge in [-0.3, -0.25) is 4.79 Å². The summed E-state index contributed by atoms with van der Waals surface area (Å²) in [5.74, 6) is 0.246. The first-order chi connectivity index (χ1) is 7.22. The van der Waals surface area contributed by atoms with E-state index in [1.807, 2.05) is 12.1 Å². The van der Waals surface area contributed by atoms with Crippen molar-refractivity contribution in [2.45, 2.75) is 6.42 Å². The van der Waals surface area contributed by atoms with Crippen LogP contribution in [0, 0.1) is 0 Å². The van der Waals surface area contributed by atoms with Gasteiger partial charge in [-0.05, 0) is 12.1 Å². The molecule has 0 N–H and O–H groups in total. The average molecular weight is 221 g/mol. The molecule has 15 heavy (non-hydrogen) atoms. The van der Waals surface area contributed by atoms with E-state index in [9.17, 15) is 4.79 Å². The molecule has 0 unspecified atom stereocenters. The molecule has 0 amide bonds. The zero-order valence-electron chi connectivity index (χ0n) is 8.00. The van der Waals surface area contributed by atoms with Crippen molar-refractivity contribution < 1.29 is 9.21 Å². The summed E-state index contributed by atoms with van der Waals surface area (Å²) >= 11 is 5.93. The Labute approximate surface area is 92.1 Å². The highest BCUT2D eigenvalue weighted by Crippen LogP contribution is 2.27. The highest BCUT2D eigenvalue weighted by molar-refractivity contribution is 6.34. The number of Topliss-reactive ketones (excluding diaryl/α,β-unsaturated/α-hetero) is 1. The molecular formula is C12H9ClO2. The molecule has 3 heteroatoms. The zero-order valence-corrected chi connectivity index (χ0v) is 8.75. The molecule has 0 saturated carbocycles. The molecule has 1 aromatic carbocycles. The van der Waals surface area contributed by atoms with Gasteiger partial charge in [-0.1, -0.05) is 29.8 Å². The molecule has 0 saturated heterocycles. The van der Waals surface area contributed by atoms with Gasteiger partial charge in [-0.25, -0.2) is 0 Å². The van der Waals surface area contributed by atoms with Gasteiger partial charge in [0.2, 0.25) is 5.78 Å². The Morgan fingerprint density at radius 1 is 1.53 bits per heavy atom. The predicted octanol–water partition coefficient (Wildman–Crippen LogP) is 3.85. The van der Waals surface area contributed by atoms with E-state index in [1.54, 1.807) is 18.2 Å². The molecule has 76 valence electrons. The second-order valence-corrected chi connectivity index (χ2v) is 3.59. The van der Waals surface area contributed by atoms with Crippen LogP contribution in [0.2, 0.25) is 5.02 Å². The van der Waals surface area contributed by atoms with Gasteiger partial charge in [0, 0.05) is 11.8 Å². The standard InChI is InChI=1S/C12H9ClO2/c1-2-4-10(14)11-7-8-5-3-6-9(13)12(8)15-11/h2-3,5-7H,1,4H2. The molecule has 0 spiro atoms. The summed E-state index contributed by atoms with van der Waals surface area (Å²) in [7, 11) is 0. The minimum absolute atomic E-state index is 0.0859. The van der Waals surface area contributed by atoms with Crippen LogP contribution in [-0.4, -0.2) is 5.78 Å². The molecular weight excluding hydrogens is 212 g/mol. The number of halogens is 1. The summed E-state index contributed by atoms with van der Waals surface area (Å²) in [6.45, 7) is 3.51. The molecule has 0 aliphatic heterocycles. The number of ketones is 1. The molecule has 2 nitrogen and oxygen atoms in total. The van der Waals surface area contributed by atoms with E-state index in [0.29, 0.717) is 16.4 Å². The van der Waals surface area contributed by atoms with Crippen molar-refractivity contribution in [3.63, 3.8) is 0 Å². The number of carbonyl (C=O) groups is 1. The van der Waals surface area contributed by atoms with Crippen molar-refractivity contribution in [3.8, 4) is 0 Å². The highest BCUT2D eigenvalue weighted by atomic mass is 35.5. The summed E-state index contributed by atoms with van der Waals surface area (Å²) in [6, 6.07) is 7.11. The average Bonchev–Trinajstić information content (AvgIpc) is 2.63. The second-order valence-electron chi connectivity index (χ2n) is 3.18. The Kier molecular flexibility index (Phi) is 2.60. The minimum Gasteiger partial charge on any atom is -0.451 e. The third kappa shape index (κ3) is 1.81. The molecule has 0 fully saturated rings. The van der Waals surface area contributed by atoms with Crippen molar-refractivity contribution in [2.24, 2.45) is 0 Å². The number of rotatable bonds is 3. The lowest BCUT2D eigenvalue weighted by atomic mass is 10.2. The maximum absolute atomic E-state index is 11.5. The Morgan fingerprint density at radius 3 is 3.00 bits per heavy atom. The van der Waals surface area contributed by atoms with Gasteiger partial charge in [-0.15, -0.1) is 6.58 Å². The Morgan fingerprint density at radius 2 is 2.33 bits per heavy atom. The number of fused-ring (bicyclic) bond motifs is 1. The Hall–Kier alpha value is -1.54. The Balaban J connectivity index is 2.51. The lowest BCUT2D eigenvalue weighted by molar-refractivity contribution is 0.0971. The lowest BCUT2D eigenvalue weighted by Gasteiger charge is -1.90. The van der Waals surface area contributed by atoms with Crippen LogP contribution in [0.3, 0.4) is 0 Å². The number of para-hydroxylation sites is 1. The smallest absolute Gasteiger partial charge is 0.201 e. The van der Waals surface area contributed by atoms with Gasteiger partial charge in [0.05, 0.1) is 5.02 Å². The van der Waals surface area contributed by atoms with Crippen LogP contribution in [0.5, 0.6) is 0 Å². The topological polar surface area (TPSA) is 30.2 Å². The Bertz CT molecular complexity index is 525. The van der Waals surface area contributed by atoms with Crippen LogP contribution in [0.25, 0.3) is 11.0 Å². The molecule has 0 aliphatic rings. The third-order valence-electron chi connectivity index (χ3n) is 2.10. The number of hydrogen-bond acceptors (Lipinski definition) is 2. The van der Waals surface area contributed by atoms with E-state index in [0.717, 1.165) is 5.39 Å². The molecule has 1 heterocycles. The fourth-order valence-electron chi connectivity index (χ4n) is 1.40. The molecule has 0 atom stereocenters. The van der Waals surface area contributed by atoms with Crippen LogP contribution < -0.4 is 0 Å². The van der Waals surface area contributed by atoms with Gasteiger partial charge in [0.1, 0.15) is 0 Å². The fraction of sp³-hybridized carbons (Fsp3) is 0.0833. The number of carbonyl (C=O) groups excluding carboxylic acids is 1. The van der Waals surface area contributed by atoms with Crippen LogP contribution in [0.15, 0.2) is 41.3 Å². The molecule has 0 bridgehead atoms. The molecule has 0 aliphatic carbocycles. The lowest BCUT2D eigenvalue weighted by Crippen LogP contribution is -1.93. The summed E-state index contributed by atoms with van der Waals surface area (Å²) in [5, 5.41) is 1.36. The maximum atomic E-state index is 11.5. The normalized spacial score (nSPS) is 10.5. The van der Waals surface area contributed by atoms with Gasteiger partial charge in [0.15, 0.2) is 11.3 Å². The van der Waals surface area contributed by atoms with E-state index >= 15 is 0 Å². The fourth-order valence-corrected chi connectivity index (χ4v) is 1.62. The van der Waals surface area contributed by atoms with Gasteiger partial charge in [-0.2, -0.15) is 0 Å². The third-order valence-corrected chi connectivity index (χ3v) is 2.40. The van der Waals surface area contributed by atoms with E-state index in [-0.39, 0.29) is 12.2 Å². The molecule has 1 aromatic heterocycles. The van der Waals surface area contributed by atoms with E-state index < -0.39 is 0 Å². The predicted molar refractivity (Wildman–Crippen MR) is 60.4 cm³/mol. The largest absolute Gasteiger partial charge is 0.451 e. The second kappa shape index (κ2) is 3.91. The number of benzene rings is 1. The van der Waals surface area contributed by atoms with E-state index in [1.165, 1.54) is 0 Å². The van der Waals surface area contributed by atoms with Crippen LogP contribution in [0.1, 0.15) is 17.0 Å². The number of furan rings is 1. The molecule has 0 radical (unpaired) electrons. The van der Waals surface area contributed by atoms with Gasteiger partial charge >= 0.3 is 0 Å². The first-order valence-corrected chi connectivity index (χ1v) is 4.92. The van der Waals surface area contributed by atoms with E-state index in [2.05, 4.69) is 6.58 Å². The van der Waals surface area contributed by atoms with Crippen LogP contribution >= 0.6 is 11.6 Å². The van der Waals surface area contributed by atoms with Crippen molar-refractivity contribution in [3.05, 3.63) is 47.7 Å². The van der Waals surface area contributed by atoms with Crippen molar-refractivity contribution >= 4 is 28.4 Å². The zero-order chi connectivity index (χ0) is 10.8. The monoisotopic (exact) mass is 220 g/mol. The van der Waals surface area contributed by atoms with Crippen molar-refractivity contribution in [2.75, 3.05) is 0 Å². The highest BCUT2D eigenvalue weighted by Gasteiger charge is 2.12. The molecule has 2 rings (SSSR count). The quantitative estimate of drug-likeness (QED) is 0.581. The molecule has 2 aromatic rings. The minimum atomic E-state index is -0.0859.